The highest BCUT2D eigenvalue weighted by Gasteiger charge is 2.24. The van der Waals surface area contributed by atoms with Gasteiger partial charge >= 0.3 is 0 Å². The third-order valence-electron chi connectivity index (χ3n) is 3.31. The molecule has 1 aromatic heterocycles. The second-order valence-corrected chi connectivity index (χ2v) is 6.14. The molecule has 1 saturated carbocycles. The van der Waals surface area contributed by atoms with E-state index >= 15 is 0 Å². The van der Waals surface area contributed by atoms with E-state index in [1.165, 1.54) is 16.9 Å². The first-order valence-corrected chi connectivity index (χ1v) is 7.89. The van der Waals surface area contributed by atoms with Crippen molar-refractivity contribution in [3.8, 4) is 0 Å². The molecule has 1 amide bonds. The number of hydrogen-bond donors (Lipinski definition) is 3. The van der Waals surface area contributed by atoms with E-state index in [0.717, 1.165) is 24.4 Å². The summed E-state index contributed by atoms with van der Waals surface area (Å²) in [5.41, 5.74) is 7.02. The van der Waals surface area contributed by atoms with E-state index in [9.17, 15) is 4.79 Å². The van der Waals surface area contributed by atoms with Gasteiger partial charge in [0.15, 0.2) is 5.13 Å². The Kier molecular flexibility index (Phi) is 4.06. The number of nitrogens with zero attached hydrogens (tertiary/aromatic N) is 1. The smallest absolute Gasteiger partial charge is 0.265 e. The number of nitrogens with two attached hydrogens (primary N) is 1. The molecule has 0 unspecified atom stereocenters. The summed E-state index contributed by atoms with van der Waals surface area (Å²) in [5, 5.41) is 6.89. The van der Waals surface area contributed by atoms with Gasteiger partial charge in [-0.15, -0.1) is 0 Å². The minimum atomic E-state index is -0.148. The number of carbonyl (C=O) groups excluding carboxylic acids is 1. The van der Waals surface area contributed by atoms with Gasteiger partial charge in [0.2, 0.25) is 0 Å². The fraction of sp³-hybridized carbons (Fsp3) is 0.333. The average Bonchev–Trinajstić information content (AvgIpc) is 3.21. The van der Waals surface area contributed by atoms with E-state index in [4.69, 9.17) is 5.73 Å². The van der Waals surface area contributed by atoms with Crippen LogP contribution in [0, 0.1) is 0 Å². The van der Waals surface area contributed by atoms with Crippen LogP contribution in [0.2, 0.25) is 0 Å². The maximum absolute atomic E-state index is 12.1. The van der Waals surface area contributed by atoms with E-state index in [1.807, 2.05) is 30.3 Å². The van der Waals surface area contributed by atoms with Crippen LogP contribution in [0.15, 0.2) is 30.3 Å². The zero-order chi connectivity index (χ0) is 14.7. The van der Waals surface area contributed by atoms with Crippen LogP contribution < -0.4 is 16.4 Å². The van der Waals surface area contributed by atoms with E-state index in [1.54, 1.807) is 0 Å². The monoisotopic (exact) mass is 302 g/mol. The molecular weight excluding hydrogens is 284 g/mol. The molecule has 0 atom stereocenters. The molecule has 1 aromatic carbocycles. The standard InChI is InChI=1S/C15H18N4OS/c16-13-12(21-15(19-13)18-11-6-7-11)14(20)17-9-8-10-4-2-1-3-5-10/h1-5,11H,6-9,16H2,(H,17,20)(H,18,19). The molecule has 4 N–H and O–H groups in total. The van der Waals surface area contributed by atoms with Gasteiger partial charge < -0.3 is 16.4 Å². The van der Waals surface area contributed by atoms with Crippen LogP contribution in [0.25, 0.3) is 0 Å². The van der Waals surface area contributed by atoms with Crippen molar-refractivity contribution in [2.75, 3.05) is 17.6 Å². The summed E-state index contributed by atoms with van der Waals surface area (Å²) >= 11 is 1.32. The van der Waals surface area contributed by atoms with Crippen LogP contribution in [0.4, 0.5) is 10.9 Å². The molecule has 0 bridgehead atoms. The molecule has 110 valence electrons. The van der Waals surface area contributed by atoms with Gasteiger partial charge in [-0.1, -0.05) is 41.7 Å². The van der Waals surface area contributed by atoms with E-state index < -0.39 is 0 Å². The third-order valence-corrected chi connectivity index (χ3v) is 4.31. The normalized spacial score (nSPS) is 13.9. The summed E-state index contributed by atoms with van der Waals surface area (Å²) in [7, 11) is 0. The molecule has 1 aliphatic carbocycles. The number of rotatable bonds is 6. The Balaban J connectivity index is 1.53. The molecule has 1 heterocycles. The van der Waals surface area contributed by atoms with Crippen molar-refractivity contribution in [2.45, 2.75) is 25.3 Å². The first-order valence-electron chi connectivity index (χ1n) is 7.07. The second kappa shape index (κ2) is 6.13. The number of thiazole rings is 1. The molecule has 0 saturated heterocycles. The summed E-state index contributed by atoms with van der Waals surface area (Å²) in [6.45, 7) is 0.589. The SMILES string of the molecule is Nc1nc(NC2CC2)sc1C(=O)NCCc1ccccc1. The Hall–Kier alpha value is -2.08. The van der Waals surface area contributed by atoms with Gasteiger partial charge in [-0.3, -0.25) is 4.79 Å². The van der Waals surface area contributed by atoms with Crippen molar-refractivity contribution in [1.29, 1.82) is 0 Å². The lowest BCUT2D eigenvalue weighted by Gasteiger charge is -2.04. The Labute approximate surface area is 127 Å². The minimum absolute atomic E-state index is 0.148. The zero-order valence-corrected chi connectivity index (χ0v) is 12.5. The summed E-state index contributed by atoms with van der Waals surface area (Å²) in [6, 6.07) is 10.6. The molecule has 1 aliphatic rings. The van der Waals surface area contributed by atoms with Gasteiger partial charge in [0.05, 0.1) is 0 Å². The molecule has 21 heavy (non-hydrogen) atoms. The summed E-state index contributed by atoms with van der Waals surface area (Å²) in [6.07, 6.45) is 3.13. The lowest BCUT2D eigenvalue weighted by atomic mass is 10.1. The van der Waals surface area contributed by atoms with E-state index in [-0.39, 0.29) is 5.91 Å². The molecule has 3 rings (SSSR count). The molecule has 5 nitrogen and oxygen atoms in total. The third kappa shape index (κ3) is 3.72. The number of benzene rings is 1. The number of nitrogens with one attached hydrogen (secondary N) is 2. The molecule has 0 aliphatic heterocycles. The fourth-order valence-electron chi connectivity index (χ4n) is 2.00. The maximum Gasteiger partial charge on any atom is 0.265 e. The summed E-state index contributed by atoms with van der Waals surface area (Å²) < 4.78 is 0. The molecule has 1 fully saturated rings. The van der Waals surface area contributed by atoms with Crippen LogP contribution in [0.3, 0.4) is 0 Å². The highest BCUT2D eigenvalue weighted by atomic mass is 32.1. The van der Waals surface area contributed by atoms with Gasteiger partial charge in [-0.05, 0) is 24.8 Å². The van der Waals surface area contributed by atoms with Gasteiger partial charge in [-0.2, -0.15) is 0 Å². The number of amides is 1. The largest absolute Gasteiger partial charge is 0.382 e. The Bertz CT molecular complexity index is 622. The highest BCUT2D eigenvalue weighted by molar-refractivity contribution is 7.18. The van der Waals surface area contributed by atoms with Crippen molar-refractivity contribution < 1.29 is 4.79 Å². The quantitative estimate of drug-likeness (QED) is 0.765. The lowest BCUT2D eigenvalue weighted by molar-refractivity contribution is 0.0959. The second-order valence-electron chi connectivity index (χ2n) is 5.14. The minimum Gasteiger partial charge on any atom is -0.382 e. The summed E-state index contributed by atoms with van der Waals surface area (Å²) in [5.74, 6) is 0.158. The Morgan fingerprint density at radius 1 is 1.33 bits per heavy atom. The zero-order valence-electron chi connectivity index (χ0n) is 11.6. The molecular formula is C15H18N4OS. The number of aromatic nitrogens is 1. The number of anilines is 2. The van der Waals surface area contributed by atoms with E-state index in [2.05, 4.69) is 15.6 Å². The number of nitrogen functional groups attached to an aromatic ring is 1. The fourth-order valence-corrected chi connectivity index (χ4v) is 2.88. The summed E-state index contributed by atoms with van der Waals surface area (Å²) in [4.78, 5) is 16.8. The highest BCUT2D eigenvalue weighted by Crippen LogP contribution is 2.30. The number of hydrogen-bond acceptors (Lipinski definition) is 5. The molecule has 0 spiro atoms. The van der Waals surface area contributed by atoms with Crippen molar-refractivity contribution in [2.24, 2.45) is 0 Å². The van der Waals surface area contributed by atoms with Crippen LogP contribution in [-0.2, 0) is 6.42 Å². The molecule has 2 aromatic rings. The number of carbonyl (C=O) groups is 1. The van der Waals surface area contributed by atoms with E-state index in [0.29, 0.717) is 23.3 Å². The van der Waals surface area contributed by atoms with Gasteiger partial charge in [-0.25, -0.2) is 4.98 Å². The van der Waals surface area contributed by atoms with Crippen molar-refractivity contribution >= 4 is 28.2 Å². The van der Waals surface area contributed by atoms with Crippen LogP contribution in [-0.4, -0.2) is 23.5 Å². The Morgan fingerprint density at radius 3 is 2.81 bits per heavy atom. The van der Waals surface area contributed by atoms with Crippen molar-refractivity contribution in [3.05, 3.63) is 40.8 Å². The first-order chi connectivity index (χ1) is 10.2. The van der Waals surface area contributed by atoms with Gasteiger partial charge in [0.25, 0.3) is 5.91 Å². The van der Waals surface area contributed by atoms with Crippen molar-refractivity contribution in [3.63, 3.8) is 0 Å². The average molecular weight is 302 g/mol. The predicted octanol–water partition coefficient (Wildman–Crippen LogP) is 2.27. The topological polar surface area (TPSA) is 80.0 Å². The van der Waals surface area contributed by atoms with Crippen LogP contribution in [0.5, 0.6) is 0 Å². The van der Waals surface area contributed by atoms with Crippen LogP contribution >= 0.6 is 11.3 Å². The lowest BCUT2D eigenvalue weighted by Crippen LogP contribution is -2.25. The van der Waals surface area contributed by atoms with Gasteiger partial charge in [0, 0.05) is 12.6 Å². The van der Waals surface area contributed by atoms with Gasteiger partial charge in [0.1, 0.15) is 10.7 Å². The molecule has 0 radical (unpaired) electrons. The maximum atomic E-state index is 12.1. The predicted molar refractivity (Wildman–Crippen MR) is 85.7 cm³/mol. The van der Waals surface area contributed by atoms with Crippen LogP contribution in [0.1, 0.15) is 28.1 Å². The first kappa shape index (κ1) is 13.9. The molecule has 6 heteroatoms. The van der Waals surface area contributed by atoms with Crippen molar-refractivity contribution in [1.82, 2.24) is 10.3 Å². The Morgan fingerprint density at radius 2 is 2.10 bits per heavy atom.